The fourth-order valence-electron chi connectivity index (χ4n) is 3.22. The number of hydrogen-bond acceptors (Lipinski definition) is 8. The van der Waals surface area contributed by atoms with Gasteiger partial charge >= 0.3 is 5.97 Å². The van der Waals surface area contributed by atoms with E-state index < -0.39 is 5.97 Å². The maximum atomic E-state index is 12.8. The van der Waals surface area contributed by atoms with Gasteiger partial charge in [-0.3, -0.25) is 14.9 Å². The number of nitrogens with one attached hydrogen (secondary N) is 2. The second-order valence-corrected chi connectivity index (χ2v) is 9.04. The third-order valence-electron chi connectivity index (χ3n) is 4.61. The number of nitrogens with zero attached hydrogens (tertiary/aromatic N) is 3. The first kappa shape index (κ1) is 22.7. The Morgan fingerprint density at radius 1 is 1.15 bits per heavy atom. The number of pyridine rings is 1. The summed E-state index contributed by atoms with van der Waals surface area (Å²) in [6.07, 6.45) is 3.36. The maximum absolute atomic E-state index is 12.8. The molecule has 10 heteroatoms. The van der Waals surface area contributed by atoms with Gasteiger partial charge in [0.15, 0.2) is 5.82 Å². The van der Waals surface area contributed by atoms with Gasteiger partial charge in [-0.2, -0.15) is 0 Å². The largest absolute Gasteiger partial charge is 0.462 e. The molecule has 2 N–H and O–H groups in total. The van der Waals surface area contributed by atoms with Crippen molar-refractivity contribution in [3.05, 3.63) is 65.3 Å². The third-order valence-corrected chi connectivity index (χ3v) is 6.48. The van der Waals surface area contributed by atoms with Crippen molar-refractivity contribution in [2.24, 2.45) is 0 Å². The van der Waals surface area contributed by atoms with E-state index in [0.717, 1.165) is 21.6 Å². The fourth-order valence-corrected chi connectivity index (χ4v) is 4.90. The van der Waals surface area contributed by atoms with Crippen molar-refractivity contribution in [2.75, 3.05) is 17.7 Å². The number of aryl methyl sites for hydroxylation is 1. The number of carbonyl (C=O) groups is 2. The van der Waals surface area contributed by atoms with Gasteiger partial charge in [0, 0.05) is 28.4 Å². The highest BCUT2D eigenvalue weighted by Crippen LogP contribution is 2.40. The number of esters is 1. The minimum Gasteiger partial charge on any atom is -0.462 e. The van der Waals surface area contributed by atoms with E-state index in [0.29, 0.717) is 21.5 Å². The molecule has 3 aromatic heterocycles. The monoisotopic (exact) mass is 479 g/mol. The normalized spacial score (nSPS) is 10.7. The van der Waals surface area contributed by atoms with Crippen molar-refractivity contribution in [3.8, 4) is 22.5 Å². The number of amides is 1. The number of thioether (sulfide) groups is 1. The van der Waals surface area contributed by atoms with Crippen LogP contribution in [-0.4, -0.2) is 44.4 Å². The van der Waals surface area contributed by atoms with Crippen LogP contribution in [0.25, 0.3) is 22.5 Å². The van der Waals surface area contributed by atoms with Crippen LogP contribution in [0, 0.1) is 6.92 Å². The molecule has 3 heterocycles. The molecule has 168 valence electrons. The smallest absolute Gasteiger partial charge is 0.341 e. The van der Waals surface area contributed by atoms with Crippen LogP contribution in [0.4, 0.5) is 5.00 Å². The van der Waals surface area contributed by atoms with Crippen molar-refractivity contribution in [1.82, 2.24) is 20.2 Å². The predicted octanol–water partition coefficient (Wildman–Crippen LogP) is 4.81. The van der Waals surface area contributed by atoms with E-state index in [4.69, 9.17) is 4.74 Å². The molecular formula is C23H21N5O3S2. The first-order valence-electron chi connectivity index (χ1n) is 10.2. The van der Waals surface area contributed by atoms with E-state index in [9.17, 15) is 9.59 Å². The molecule has 33 heavy (non-hydrogen) atoms. The lowest BCUT2D eigenvalue weighted by Crippen LogP contribution is -2.16. The molecule has 4 rings (SSSR count). The van der Waals surface area contributed by atoms with Gasteiger partial charge in [0.25, 0.3) is 0 Å². The minimum atomic E-state index is -0.460. The molecule has 0 aliphatic rings. The Bertz CT molecular complexity index is 1260. The number of H-pyrrole nitrogens is 1. The van der Waals surface area contributed by atoms with Gasteiger partial charge in [-0.25, -0.2) is 9.78 Å². The van der Waals surface area contributed by atoms with E-state index in [-0.39, 0.29) is 18.3 Å². The Morgan fingerprint density at radius 3 is 2.67 bits per heavy atom. The zero-order chi connectivity index (χ0) is 23.2. The Hall–Kier alpha value is -3.50. The lowest BCUT2D eigenvalue weighted by Gasteiger charge is -2.09. The van der Waals surface area contributed by atoms with E-state index in [2.05, 4.69) is 25.5 Å². The Labute approximate surface area is 198 Å². The average molecular weight is 480 g/mol. The Morgan fingerprint density at radius 2 is 1.94 bits per heavy atom. The van der Waals surface area contributed by atoms with Crippen LogP contribution in [0.5, 0.6) is 0 Å². The highest BCUT2D eigenvalue weighted by Gasteiger charge is 2.25. The van der Waals surface area contributed by atoms with Crippen LogP contribution in [0.1, 0.15) is 22.2 Å². The van der Waals surface area contributed by atoms with Gasteiger partial charge in [-0.1, -0.05) is 42.1 Å². The van der Waals surface area contributed by atoms with Crippen LogP contribution >= 0.6 is 23.1 Å². The maximum Gasteiger partial charge on any atom is 0.341 e. The SMILES string of the molecule is CCOC(=O)c1c(NC(=O)CSc2n[nH]c(-c3cccnc3)n2)sc(C)c1-c1ccccc1. The van der Waals surface area contributed by atoms with Gasteiger partial charge in [-0.15, -0.1) is 16.4 Å². The van der Waals surface area contributed by atoms with E-state index in [1.165, 1.54) is 23.1 Å². The van der Waals surface area contributed by atoms with Gasteiger partial charge < -0.3 is 10.1 Å². The van der Waals surface area contributed by atoms with Crippen molar-refractivity contribution >= 4 is 40.0 Å². The first-order valence-corrected chi connectivity index (χ1v) is 12.0. The molecule has 0 aliphatic heterocycles. The zero-order valence-corrected chi connectivity index (χ0v) is 19.6. The summed E-state index contributed by atoms with van der Waals surface area (Å²) in [5.41, 5.74) is 2.86. The van der Waals surface area contributed by atoms with Crippen molar-refractivity contribution < 1.29 is 14.3 Å². The topological polar surface area (TPSA) is 110 Å². The van der Waals surface area contributed by atoms with Gasteiger partial charge in [0.2, 0.25) is 11.1 Å². The molecule has 4 aromatic rings. The van der Waals surface area contributed by atoms with Gasteiger partial charge in [0.1, 0.15) is 10.6 Å². The summed E-state index contributed by atoms with van der Waals surface area (Å²) in [6.45, 7) is 3.92. The van der Waals surface area contributed by atoms with Crippen molar-refractivity contribution in [2.45, 2.75) is 19.0 Å². The molecule has 1 aromatic carbocycles. The van der Waals surface area contributed by atoms with Crippen LogP contribution in [0.15, 0.2) is 60.0 Å². The lowest BCUT2D eigenvalue weighted by atomic mass is 10.0. The molecule has 0 unspecified atom stereocenters. The number of hydrogen-bond donors (Lipinski definition) is 2. The Kier molecular flexibility index (Phi) is 7.16. The summed E-state index contributed by atoms with van der Waals surface area (Å²) in [7, 11) is 0. The summed E-state index contributed by atoms with van der Waals surface area (Å²) in [5, 5.41) is 10.8. The number of anilines is 1. The molecular weight excluding hydrogens is 458 g/mol. The second-order valence-electron chi connectivity index (χ2n) is 6.87. The standard InChI is InChI=1S/C23H21N5O3S2/c1-3-31-22(30)19-18(15-8-5-4-6-9-15)14(2)33-21(19)25-17(29)13-32-23-26-20(27-28-23)16-10-7-11-24-12-16/h4-12H,3,13H2,1-2H3,(H,25,29)(H,26,27,28). The number of rotatable bonds is 8. The summed E-state index contributed by atoms with van der Waals surface area (Å²) < 4.78 is 5.28. The number of carbonyl (C=O) groups excluding carboxylic acids is 2. The molecule has 0 saturated carbocycles. The van der Waals surface area contributed by atoms with E-state index >= 15 is 0 Å². The van der Waals surface area contributed by atoms with Crippen LogP contribution in [-0.2, 0) is 9.53 Å². The summed E-state index contributed by atoms with van der Waals surface area (Å²) >= 11 is 2.55. The molecule has 0 aliphatic carbocycles. The second kappa shape index (κ2) is 10.4. The third kappa shape index (κ3) is 5.29. The quantitative estimate of drug-likeness (QED) is 0.276. The average Bonchev–Trinajstić information content (AvgIpc) is 3.43. The highest BCUT2D eigenvalue weighted by molar-refractivity contribution is 7.99. The Balaban J connectivity index is 1.50. The number of benzene rings is 1. The van der Waals surface area contributed by atoms with Crippen LogP contribution < -0.4 is 5.32 Å². The van der Waals surface area contributed by atoms with E-state index in [1.807, 2.05) is 49.4 Å². The fraction of sp³-hybridized carbons (Fsp3) is 0.174. The molecule has 0 atom stereocenters. The van der Waals surface area contributed by atoms with E-state index in [1.54, 1.807) is 19.3 Å². The molecule has 8 nitrogen and oxygen atoms in total. The summed E-state index contributed by atoms with van der Waals surface area (Å²) in [4.78, 5) is 34.8. The summed E-state index contributed by atoms with van der Waals surface area (Å²) in [6, 6.07) is 13.3. The van der Waals surface area contributed by atoms with Crippen LogP contribution in [0.2, 0.25) is 0 Å². The highest BCUT2D eigenvalue weighted by atomic mass is 32.2. The number of aromatic nitrogens is 4. The van der Waals surface area contributed by atoms with Crippen molar-refractivity contribution in [1.29, 1.82) is 0 Å². The molecule has 0 radical (unpaired) electrons. The molecule has 0 fully saturated rings. The van der Waals surface area contributed by atoms with Gasteiger partial charge in [-0.05, 0) is 31.5 Å². The number of thiophene rings is 1. The summed E-state index contributed by atoms with van der Waals surface area (Å²) in [5.74, 6) is -0.0561. The van der Waals surface area contributed by atoms with Crippen LogP contribution in [0.3, 0.4) is 0 Å². The molecule has 1 amide bonds. The first-order chi connectivity index (χ1) is 16.1. The predicted molar refractivity (Wildman–Crippen MR) is 129 cm³/mol. The molecule has 0 bridgehead atoms. The molecule has 0 spiro atoms. The van der Waals surface area contributed by atoms with Gasteiger partial charge in [0.05, 0.1) is 12.4 Å². The lowest BCUT2D eigenvalue weighted by molar-refractivity contribution is -0.113. The molecule has 0 saturated heterocycles. The number of aromatic amines is 1. The van der Waals surface area contributed by atoms with Crippen molar-refractivity contribution in [3.63, 3.8) is 0 Å². The zero-order valence-electron chi connectivity index (χ0n) is 18.0. The number of ether oxygens (including phenoxy) is 1. The minimum absolute atomic E-state index is 0.0875.